The summed E-state index contributed by atoms with van der Waals surface area (Å²) in [4.78, 5) is 16.5. The van der Waals surface area contributed by atoms with Gasteiger partial charge in [-0.1, -0.05) is 17.7 Å². The van der Waals surface area contributed by atoms with Crippen molar-refractivity contribution in [2.45, 2.75) is 0 Å². The van der Waals surface area contributed by atoms with Crippen LogP contribution < -0.4 is 9.47 Å². The van der Waals surface area contributed by atoms with Gasteiger partial charge in [0.15, 0.2) is 0 Å². The van der Waals surface area contributed by atoms with Gasteiger partial charge in [0, 0.05) is 6.20 Å². The molecule has 98 valence electrons. The maximum absolute atomic E-state index is 12.5. The lowest BCUT2D eigenvalue weighted by Gasteiger charge is -2.11. The van der Waals surface area contributed by atoms with E-state index in [1.54, 1.807) is 30.3 Å². The predicted molar refractivity (Wildman–Crippen MR) is 72.2 cm³/mol. The number of rotatable bonds is 4. The number of nitrogens with zero attached hydrogens (tertiary/aromatic N) is 1. The largest absolute Gasteiger partial charge is 0.496 e. The van der Waals surface area contributed by atoms with Gasteiger partial charge in [0.1, 0.15) is 22.8 Å². The Morgan fingerprint density at radius 3 is 2.21 bits per heavy atom. The molecule has 0 unspecified atom stereocenters. The second-order valence-corrected chi connectivity index (χ2v) is 4.16. The SMILES string of the molecule is COc1cccc(OC)c1C(=O)c1ccc(Cl)cn1. The van der Waals surface area contributed by atoms with Crippen LogP contribution in [0.2, 0.25) is 5.02 Å². The summed E-state index contributed by atoms with van der Waals surface area (Å²) >= 11 is 5.76. The number of hydrogen-bond acceptors (Lipinski definition) is 4. The molecule has 0 spiro atoms. The van der Waals surface area contributed by atoms with Crippen LogP contribution in [0.3, 0.4) is 0 Å². The summed E-state index contributed by atoms with van der Waals surface area (Å²) in [6.07, 6.45) is 1.43. The van der Waals surface area contributed by atoms with Gasteiger partial charge in [-0.15, -0.1) is 0 Å². The quantitative estimate of drug-likeness (QED) is 0.806. The van der Waals surface area contributed by atoms with Gasteiger partial charge in [0.2, 0.25) is 5.78 Å². The van der Waals surface area contributed by atoms with E-state index in [4.69, 9.17) is 21.1 Å². The molecular weight excluding hydrogens is 266 g/mol. The Hall–Kier alpha value is -2.07. The molecule has 4 nitrogen and oxygen atoms in total. The summed E-state index contributed by atoms with van der Waals surface area (Å²) in [6, 6.07) is 8.33. The van der Waals surface area contributed by atoms with Crippen molar-refractivity contribution in [2.75, 3.05) is 14.2 Å². The van der Waals surface area contributed by atoms with E-state index in [1.165, 1.54) is 20.4 Å². The van der Waals surface area contributed by atoms with Gasteiger partial charge < -0.3 is 9.47 Å². The third-order valence-electron chi connectivity index (χ3n) is 2.61. The normalized spacial score (nSPS) is 10.1. The molecule has 1 heterocycles. The third kappa shape index (κ3) is 2.69. The number of ketones is 1. The van der Waals surface area contributed by atoms with Crippen LogP contribution in [0, 0.1) is 0 Å². The minimum Gasteiger partial charge on any atom is -0.496 e. The first-order valence-electron chi connectivity index (χ1n) is 5.54. The summed E-state index contributed by atoms with van der Waals surface area (Å²) in [5.41, 5.74) is 0.634. The molecule has 1 aromatic carbocycles. The van der Waals surface area contributed by atoms with Crippen LogP contribution in [-0.4, -0.2) is 25.0 Å². The number of halogens is 1. The van der Waals surface area contributed by atoms with Crippen molar-refractivity contribution < 1.29 is 14.3 Å². The van der Waals surface area contributed by atoms with Gasteiger partial charge >= 0.3 is 0 Å². The highest BCUT2D eigenvalue weighted by atomic mass is 35.5. The number of hydrogen-bond donors (Lipinski definition) is 0. The van der Waals surface area contributed by atoms with Gasteiger partial charge in [0.05, 0.1) is 19.2 Å². The molecule has 2 rings (SSSR count). The molecule has 0 aliphatic rings. The monoisotopic (exact) mass is 277 g/mol. The average Bonchev–Trinajstić information content (AvgIpc) is 2.46. The van der Waals surface area contributed by atoms with E-state index >= 15 is 0 Å². The Balaban J connectivity index is 2.51. The van der Waals surface area contributed by atoms with Crippen molar-refractivity contribution in [3.8, 4) is 11.5 Å². The maximum atomic E-state index is 12.5. The molecule has 0 aliphatic heterocycles. The number of aromatic nitrogens is 1. The van der Waals surface area contributed by atoms with E-state index in [0.29, 0.717) is 22.1 Å². The fourth-order valence-electron chi connectivity index (χ4n) is 1.71. The third-order valence-corrected chi connectivity index (χ3v) is 2.84. The molecule has 19 heavy (non-hydrogen) atoms. The molecule has 0 N–H and O–H groups in total. The first-order valence-corrected chi connectivity index (χ1v) is 5.92. The molecule has 0 fully saturated rings. The maximum Gasteiger partial charge on any atom is 0.218 e. The van der Waals surface area contributed by atoms with E-state index in [1.807, 2.05) is 0 Å². The number of ether oxygens (including phenoxy) is 2. The summed E-state index contributed by atoms with van der Waals surface area (Å²) in [6.45, 7) is 0. The Morgan fingerprint density at radius 2 is 1.74 bits per heavy atom. The van der Waals surface area contributed by atoms with Crippen molar-refractivity contribution in [2.24, 2.45) is 0 Å². The van der Waals surface area contributed by atoms with Crippen LogP contribution in [0.15, 0.2) is 36.5 Å². The fraction of sp³-hybridized carbons (Fsp3) is 0.143. The predicted octanol–water partition coefficient (Wildman–Crippen LogP) is 2.98. The van der Waals surface area contributed by atoms with Crippen molar-refractivity contribution in [1.82, 2.24) is 4.98 Å². The number of methoxy groups -OCH3 is 2. The van der Waals surface area contributed by atoms with Crippen LogP contribution >= 0.6 is 11.6 Å². The topological polar surface area (TPSA) is 48.4 Å². The van der Waals surface area contributed by atoms with Gasteiger partial charge in [-0.05, 0) is 24.3 Å². The highest BCUT2D eigenvalue weighted by Crippen LogP contribution is 2.30. The molecule has 0 amide bonds. The molecule has 0 aliphatic carbocycles. The Morgan fingerprint density at radius 1 is 1.11 bits per heavy atom. The first kappa shape index (κ1) is 13.4. The minimum atomic E-state index is -0.272. The lowest BCUT2D eigenvalue weighted by atomic mass is 10.1. The average molecular weight is 278 g/mol. The Bertz CT molecular complexity index is 574. The molecule has 0 bridgehead atoms. The lowest BCUT2D eigenvalue weighted by Crippen LogP contribution is -2.08. The molecule has 1 aromatic heterocycles. The van der Waals surface area contributed by atoms with E-state index in [9.17, 15) is 4.79 Å². The van der Waals surface area contributed by atoms with E-state index in [-0.39, 0.29) is 11.5 Å². The zero-order valence-corrected chi connectivity index (χ0v) is 11.3. The van der Waals surface area contributed by atoms with E-state index in [2.05, 4.69) is 4.98 Å². The van der Waals surface area contributed by atoms with Crippen LogP contribution in [0.25, 0.3) is 0 Å². The number of carbonyl (C=O) groups is 1. The molecule has 0 atom stereocenters. The molecule has 0 saturated heterocycles. The smallest absolute Gasteiger partial charge is 0.218 e. The Labute approximate surface area is 115 Å². The van der Waals surface area contributed by atoms with Gasteiger partial charge in [-0.3, -0.25) is 9.78 Å². The Kier molecular flexibility index (Phi) is 4.02. The first-order chi connectivity index (χ1) is 9.17. The number of pyridine rings is 1. The standard InChI is InChI=1S/C14H12ClNO3/c1-18-11-4-3-5-12(19-2)13(11)14(17)10-7-6-9(15)8-16-10/h3-8H,1-2H3. The molecule has 2 aromatic rings. The zero-order valence-electron chi connectivity index (χ0n) is 10.5. The highest BCUT2D eigenvalue weighted by Gasteiger charge is 2.20. The summed E-state index contributed by atoms with van der Waals surface area (Å²) in [5.74, 6) is 0.619. The summed E-state index contributed by atoms with van der Waals surface area (Å²) in [7, 11) is 3.00. The number of carbonyl (C=O) groups excluding carboxylic acids is 1. The second kappa shape index (κ2) is 5.71. The van der Waals surface area contributed by atoms with E-state index < -0.39 is 0 Å². The highest BCUT2D eigenvalue weighted by molar-refractivity contribution is 6.30. The van der Waals surface area contributed by atoms with Crippen molar-refractivity contribution in [3.63, 3.8) is 0 Å². The van der Waals surface area contributed by atoms with E-state index in [0.717, 1.165) is 0 Å². The van der Waals surface area contributed by atoms with Crippen LogP contribution in [-0.2, 0) is 0 Å². The zero-order chi connectivity index (χ0) is 13.8. The second-order valence-electron chi connectivity index (χ2n) is 3.73. The summed E-state index contributed by atoms with van der Waals surface area (Å²) < 4.78 is 10.4. The molecular formula is C14H12ClNO3. The summed E-state index contributed by atoms with van der Waals surface area (Å²) in [5, 5.41) is 0.476. The van der Waals surface area contributed by atoms with Crippen LogP contribution in [0.1, 0.15) is 16.1 Å². The van der Waals surface area contributed by atoms with Crippen LogP contribution in [0.5, 0.6) is 11.5 Å². The van der Waals surface area contributed by atoms with Crippen molar-refractivity contribution in [1.29, 1.82) is 0 Å². The van der Waals surface area contributed by atoms with Crippen molar-refractivity contribution in [3.05, 3.63) is 52.8 Å². The van der Waals surface area contributed by atoms with Gasteiger partial charge in [0.25, 0.3) is 0 Å². The number of benzene rings is 1. The lowest BCUT2D eigenvalue weighted by molar-refractivity contribution is 0.102. The minimum absolute atomic E-state index is 0.272. The van der Waals surface area contributed by atoms with Crippen molar-refractivity contribution >= 4 is 17.4 Å². The van der Waals surface area contributed by atoms with Gasteiger partial charge in [-0.2, -0.15) is 0 Å². The van der Waals surface area contributed by atoms with Crippen LogP contribution in [0.4, 0.5) is 0 Å². The van der Waals surface area contributed by atoms with Gasteiger partial charge in [-0.25, -0.2) is 0 Å². The molecule has 0 radical (unpaired) electrons. The molecule has 5 heteroatoms. The fourth-order valence-corrected chi connectivity index (χ4v) is 1.82. The molecule has 0 saturated carbocycles.